The molecule has 0 N–H and O–H groups in total. The van der Waals surface area contributed by atoms with Crippen molar-refractivity contribution in [3.05, 3.63) is 53.6 Å². The zero-order chi connectivity index (χ0) is 17.3. The largest absolute Gasteiger partial charge is 0.341 e. The molecule has 1 aromatic heterocycles. The maximum absolute atomic E-state index is 13.2. The van der Waals surface area contributed by atoms with E-state index in [0.717, 1.165) is 62.6 Å². The Labute approximate surface area is 153 Å². The quantitative estimate of drug-likeness (QED) is 0.844. The Morgan fingerprint density at radius 3 is 2.52 bits per heavy atom. The van der Waals surface area contributed by atoms with Crippen molar-refractivity contribution in [2.45, 2.75) is 31.3 Å². The maximum Gasteiger partial charge on any atom is 0.248 e. The van der Waals surface area contributed by atoms with E-state index in [1.165, 1.54) is 0 Å². The predicted octanol–water partition coefficient (Wildman–Crippen LogP) is 2.76. The van der Waals surface area contributed by atoms with Gasteiger partial charge in [-0.15, -0.1) is 0 Å². The number of likely N-dealkylation sites (tertiary alicyclic amines) is 2. The van der Waals surface area contributed by atoms with Crippen molar-refractivity contribution >= 4 is 17.5 Å². The van der Waals surface area contributed by atoms with E-state index in [9.17, 15) is 4.79 Å². The summed E-state index contributed by atoms with van der Waals surface area (Å²) in [5.74, 6) is 0.258. The molecule has 0 atom stereocenters. The van der Waals surface area contributed by atoms with Crippen molar-refractivity contribution < 1.29 is 4.79 Å². The number of hydrogen-bond acceptors (Lipinski definition) is 3. The highest BCUT2D eigenvalue weighted by Gasteiger charge is 2.46. The molecule has 1 amide bonds. The monoisotopic (exact) mass is 358 g/mol. The van der Waals surface area contributed by atoms with Gasteiger partial charge in [0.15, 0.2) is 0 Å². The molecule has 2 saturated heterocycles. The molecule has 0 bridgehead atoms. The van der Waals surface area contributed by atoms with Crippen LogP contribution in [0.2, 0.25) is 5.02 Å². The zero-order valence-corrected chi connectivity index (χ0v) is 15.0. The first-order valence-corrected chi connectivity index (χ1v) is 9.30. The van der Waals surface area contributed by atoms with Crippen LogP contribution in [0.5, 0.6) is 0 Å². The number of halogens is 1. The van der Waals surface area contributed by atoms with Crippen molar-refractivity contribution in [1.82, 2.24) is 19.4 Å². The number of carbonyl (C=O) groups excluding carboxylic acids is 1. The molecule has 132 valence electrons. The fraction of sp³-hybridized carbons (Fsp3) is 0.474. The number of imidazole rings is 1. The highest BCUT2D eigenvalue weighted by atomic mass is 35.5. The fourth-order valence-electron chi connectivity index (χ4n) is 3.86. The van der Waals surface area contributed by atoms with E-state index in [-0.39, 0.29) is 5.91 Å². The van der Waals surface area contributed by atoms with Crippen LogP contribution in [0.3, 0.4) is 0 Å². The third-order valence-electron chi connectivity index (χ3n) is 5.58. The lowest BCUT2D eigenvalue weighted by Gasteiger charge is -2.46. The van der Waals surface area contributed by atoms with Crippen LogP contribution in [0.4, 0.5) is 0 Å². The van der Waals surface area contributed by atoms with Crippen molar-refractivity contribution in [1.29, 1.82) is 0 Å². The Hall–Kier alpha value is -1.85. The van der Waals surface area contributed by atoms with E-state index in [2.05, 4.69) is 16.0 Å². The second-order valence-electron chi connectivity index (χ2n) is 7.01. The first-order valence-electron chi connectivity index (χ1n) is 8.93. The topological polar surface area (TPSA) is 41.4 Å². The first-order chi connectivity index (χ1) is 12.2. The van der Waals surface area contributed by atoms with Crippen molar-refractivity contribution in [3.8, 4) is 0 Å². The van der Waals surface area contributed by atoms with Crippen molar-refractivity contribution in [2.24, 2.45) is 0 Å². The SMILES string of the molecule is O=C(N1CCC1)C1(n2ccnc2)CCN(Cc2ccccc2Cl)CC1. The van der Waals surface area contributed by atoms with Crippen LogP contribution in [-0.2, 0) is 16.9 Å². The van der Waals surface area contributed by atoms with Crippen LogP contribution in [0.1, 0.15) is 24.8 Å². The summed E-state index contributed by atoms with van der Waals surface area (Å²) in [6.07, 6.45) is 8.22. The average molecular weight is 359 g/mol. The number of rotatable bonds is 4. The van der Waals surface area contributed by atoms with Gasteiger partial charge < -0.3 is 9.47 Å². The number of carbonyl (C=O) groups is 1. The van der Waals surface area contributed by atoms with E-state index in [1.807, 2.05) is 33.9 Å². The lowest BCUT2D eigenvalue weighted by Crippen LogP contribution is -2.58. The second kappa shape index (κ2) is 6.81. The molecule has 2 aromatic rings. The molecular formula is C19H23ClN4O. The third-order valence-corrected chi connectivity index (χ3v) is 5.94. The molecule has 2 aliphatic heterocycles. The molecule has 0 saturated carbocycles. The molecule has 1 aromatic carbocycles. The number of amides is 1. The van der Waals surface area contributed by atoms with E-state index in [0.29, 0.717) is 0 Å². The summed E-state index contributed by atoms with van der Waals surface area (Å²) in [6, 6.07) is 7.99. The fourth-order valence-corrected chi connectivity index (χ4v) is 4.05. The minimum atomic E-state index is -0.478. The summed E-state index contributed by atoms with van der Waals surface area (Å²) in [6.45, 7) is 4.36. The predicted molar refractivity (Wildman–Crippen MR) is 97.4 cm³/mol. The second-order valence-corrected chi connectivity index (χ2v) is 7.42. The molecule has 6 heteroatoms. The maximum atomic E-state index is 13.2. The van der Waals surface area contributed by atoms with E-state index in [1.54, 1.807) is 12.5 Å². The van der Waals surface area contributed by atoms with Gasteiger partial charge in [-0.05, 0) is 30.9 Å². The first kappa shape index (κ1) is 16.6. The molecular weight excluding hydrogens is 336 g/mol. The summed E-state index contributed by atoms with van der Waals surface area (Å²) in [4.78, 5) is 21.7. The van der Waals surface area contributed by atoms with Gasteiger partial charge in [-0.3, -0.25) is 9.69 Å². The Kier molecular flexibility index (Phi) is 4.52. The Bertz CT molecular complexity index is 734. The number of nitrogens with zero attached hydrogens (tertiary/aromatic N) is 4. The third kappa shape index (κ3) is 3.07. The molecule has 4 rings (SSSR count). The van der Waals surface area contributed by atoms with Gasteiger partial charge >= 0.3 is 0 Å². The number of benzene rings is 1. The van der Waals surface area contributed by atoms with Gasteiger partial charge in [0.25, 0.3) is 0 Å². The van der Waals surface area contributed by atoms with E-state index < -0.39 is 5.54 Å². The highest BCUT2D eigenvalue weighted by Crippen LogP contribution is 2.34. The van der Waals surface area contributed by atoms with E-state index in [4.69, 9.17) is 11.6 Å². The zero-order valence-electron chi connectivity index (χ0n) is 14.3. The molecule has 0 aliphatic carbocycles. The van der Waals surface area contributed by atoms with Crippen molar-refractivity contribution in [3.63, 3.8) is 0 Å². The number of hydrogen-bond donors (Lipinski definition) is 0. The molecule has 0 spiro atoms. The summed E-state index contributed by atoms with van der Waals surface area (Å²) in [5.41, 5.74) is 0.668. The molecule has 2 aliphatic rings. The average Bonchev–Trinajstić information content (AvgIpc) is 3.11. The van der Waals surface area contributed by atoms with Crippen LogP contribution >= 0.6 is 11.6 Å². The molecule has 0 radical (unpaired) electrons. The summed E-state index contributed by atoms with van der Waals surface area (Å²) in [7, 11) is 0. The van der Waals surface area contributed by atoms with Crippen LogP contribution in [0, 0.1) is 0 Å². The summed E-state index contributed by atoms with van der Waals surface area (Å²) < 4.78 is 2.03. The van der Waals surface area contributed by atoms with Gasteiger partial charge in [-0.1, -0.05) is 29.8 Å². The molecule has 2 fully saturated rings. The Morgan fingerprint density at radius 1 is 1.16 bits per heavy atom. The minimum absolute atomic E-state index is 0.258. The standard InChI is InChI=1S/C19H23ClN4O/c20-17-5-2-1-4-16(17)14-22-11-6-19(7-12-22,24-13-8-21-15-24)18(25)23-9-3-10-23/h1-2,4-5,8,13,15H,3,6-7,9-12,14H2. The Morgan fingerprint density at radius 2 is 1.92 bits per heavy atom. The minimum Gasteiger partial charge on any atom is -0.341 e. The van der Waals surface area contributed by atoms with E-state index >= 15 is 0 Å². The van der Waals surface area contributed by atoms with Gasteiger partial charge in [0.2, 0.25) is 5.91 Å². The number of aromatic nitrogens is 2. The van der Waals surface area contributed by atoms with Crippen molar-refractivity contribution in [2.75, 3.05) is 26.2 Å². The number of piperidine rings is 1. The van der Waals surface area contributed by atoms with Crippen LogP contribution in [0.25, 0.3) is 0 Å². The lowest BCUT2D eigenvalue weighted by atomic mass is 9.84. The van der Waals surface area contributed by atoms with Gasteiger partial charge in [-0.25, -0.2) is 4.98 Å². The van der Waals surface area contributed by atoms with Gasteiger partial charge in [0.05, 0.1) is 6.33 Å². The molecule has 3 heterocycles. The lowest BCUT2D eigenvalue weighted by molar-refractivity contribution is -0.147. The van der Waals surface area contributed by atoms with Crippen LogP contribution in [0.15, 0.2) is 43.0 Å². The summed E-state index contributed by atoms with van der Waals surface area (Å²) >= 11 is 6.30. The van der Waals surface area contributed by atoms with Gasteiger partial charge in [0, 0.05) is 50.1 Å². The highest BCUT2D eigenvalue weighted by molar-refractivity contribution is 6.31. The van der Waals surface area contributed by atoms with Gasteiger partial charge in [-0.2, -0.15) is 0 Å². The van der Waals surface area contributed by atoms with Gasteiger partial charge in [0.1, 0.15) is 5.54 Å². The van der Waals surface area contributed by atoms with Crippen LogP contribution < -0.4 is 0 Å². The molecule has 5 nitrogen and oxygen atoms in total. The molecule has 25 heavy (non-hydrogen) atoms. The normalized spacial score (nSPS) is 20.3. The summed E-state index contributed by atoms with van der Waals surface area (Å²) in [5, 5.41) is 0.811. The Balaban J connectivity index is 1.50. The van der Waals surface area contributed by atoms with Crippen LogP contribution in [-0.4, -0.2) is 51.4 Å². The smallest absolute Gasteiger partial charge is 0.248 e. The molecule has 0 unspecified atom stereocenters.